The van der Waals surface area contributed by atoms with Gasteiger partial charge in [0, 0.05) is 30.1 Å². The van der Waals surface area contributed by atoms with Crippen LogP contribution in [0.25, 0.3) is 0 Å². The Morgan fingerprint density at radius 2 is 2.00 bits per heavy atom. The number of ether oxygens (including phenoxy) is 2. The van der Waals surface area contributed by atoms with Crippen LogP contribution in [-0.4, -0.2) is 31.8 Å². The molecular weight excluding hydrogens is 318 g/mol. The minimum absolute atomic E-state index is 0.193. The van der Waals surface area contributed by atoms with Gasteiger partial charge in [-0.25, -0.2) is 4.79 Å². The minimum atomic E-state index is -0.217. The third-order valence-electron chi connectivity index (χ3n) is 3.93. The van der Waals surface area contributed by atoms with Gasteiger partial charge in [-0.15, -0.1) is 0 Å². The molecule has 0 unspecified atom stereocenters. The van der Waals surface area contributed by atoms with E-state index in [2.05, 4.69) is 15.6 Å². The molecule has 1 heterocycles. The molecule has 25 heavy (non-hydrogen) atoms. The molecule has 0 radical (unpaired) electrons. The molecule has 2 N–H and O–H groups in total. The van der Waals surface area contributed by atoms with Crippen molar-refractivity contribution in [3.63, 3.8) is 0 Å². The van der Waals surface area contributed by atoms with E-state index in [9.17, 15) is 4.79 Å². The number of aryl methyl sites for hydroxylation is 1. The summed E-state index contributed by atoms with van der Waals surface area (Å²) in [4.78, 5) is 16.3. The van der Waals surface area contributed by atoms with Gasteiger partial charge >= 0.3 is 6.03 Å². The van der Waals surface area contributed by atoms with E-state index in [-0.39, 0.29) is 12.1 Å². The van der Waals surface area contributed by atoms with Crippen molar-refractivity contribution in [2.24, 2.45) is 0 Å². The monoisotopic (exact) mass is 343 g/mol. The number of nitrogens with zero attached hydrogens (tertiary/aromatic N) is 1. The van der Waals surface area contributed by atoms with Crippen LogP contribution in [0.2, 0.25) is 0 Å². The van der Waals surface area contributed by atoms with Crippen LogP contribution in [0, 0.1) is 6.92 Å². The number of methoxy groups -OCH3 is 2. The van der Waals surface area contributed by atoms with E-state index in [1.165, 1.54) is 0 Å². The fourth-order valence-corrected chi connectivity index (χ4v) is 2.47. The Balaban J connectivity index is 1.86. The number of nitrogens with one attached hydrogen (secondary N) is 2. The average Bonchev–Trinajstić information content (AvgIpc) is 2.62. The molecule has 1 aromatic carbocycles. The Morgan fingerprint density at radius 3 is 2.64 bits per heavy atom. The first-order valence-corrected chi connectivity index (χ1v) is 8.21. The molecule has 134 valence electrons. The highest BCUT2D eigenvalue weighted by molar-refractivity contribution is 5.74. The summed E-state index contributed by atoms with van der Waals surface area (Å²) in [5.41, 5.74) is 2.97. The summed E-state index contributed by atoms with van der Waals surface area (Å²) in [6.45, 7) is 4.40. The fourth-order valence-electron chi connectivity index (χ4n) is 2.47. The number of amides is 2. The van der Waals surface area contributed by atoms with E-state index < -0.39 is 0 Å². The first-order valence-electron chi connectivity index (χ1n) is 8.21. The zero-order chi connectivity index (χ0) is 18.2. The number of carbonyl (C=O) groups excluding carboxylic acids is 1. The highest BCUT2D eigenvalue weighted by Crippen LogP contribution is 2.29. The summed E-state index contributed by atoms with van der Waals surface area (Å²) in [6, 6.07) is 9.11. The van der Waals surface area contributed by atoms with Crippen LogP contribution in [0.3, 0.4) is 0 Å². The molecule has 0 saturated carbocycles. The van der Waals surface area contributed by atoms with Crippen molar-refractivity contribution in [1.82, 2.24) is 15.6 Å². The van der Waals surface area contributed by atoms with E-state index in [1.54, 1.807) is 20.3 Å². The van der Waals surface area contributed by atoms with Crippen molar-refractivity contribution in [1.29, 1.82) is 0 Å². The van der Waals surface area contributed by atoms with Crippen LogP contribution in [0.15, 0.2) is 36.5 Å². The van der Waals surface area contributed by atoms with Gasteiger partial charge in [0.15, 0.2) is 0 Å². The van der Waals surface area contributed by atoms with E-state index in [0.717, 1.165) is 23.2 Å². The number of hydrogen-bond donors (Lipinski definition) is 2. The van der Waals surface area contributed by atoms with Crippen LogP contribution >= 0.6 is 0 Å². The molecule has 0 bridgehead atoms. The van der Waals surface area contributed by atoms with Crippen molar-refractivity contribution < 1.29 is 14.3 Å². The summed E-state index contributed by atoms with van der Waals surface area (Å²) in [6.07, 6.45) is 2.57. The molecule has 0 spiro atoms. The first kappa shape index (κ1) is 18.6. The van der Waals surface area contributed by atoms with Crippen LogP contribution in [-0.2, 0) is 6.42 Å². The van der Waals surface area contributed by atoms with Gasteiger partial charge in [-0.05, 0) is 44.0 Å². The van der Waals surface area contributed by atoms with Gasteiger partial charge in [-0.2, -0.15) is 0 Å². The molecule has 2 amide bonds. The van der Waals surface area contributed by atoms with E-state index >= 15 is 0 Å². The van der Waals surface area contributed by atoms with Gasteiger partial charge in [0.25, 0.3) is 0 Å². The quantitative estimate of drug-likeness (QED) is 0.810. The Hall–Kier alpha value is -2.76. The van der Waals surface area contributed by atoms with Crippen LogP contribution in [0.4, 0.5) is 4.79 Å². The number of carbonyl (C=O) groups is 1. The lowest BCUT2D eigenvalue weighted by Gasteiger charge is -2.18. The summed E-state index contributed by atoms with van der Waals surface area (Å²) >= 11 is 0. The molecule has 1 atom stereocenters. The highest BCUT2D eigenvalue weighted by atomic mass is 16.5. The summed E-state index contributed by atoms with van der Waals surface area (Å²) < 4.78 is 10.6. The molecular formula is C19H25N3O3. The van der Waals surface area contributed by atoms with Crippen molar-refractivity contribution in [3.8, 4) is 11.5 Å². The second kappa shape index (κ2) is 8.92. The minimum Gasteiger partial charge on any atom is -0.497 e. The van der Waals surface area contributed by atoms with Crippen molar-refractivity contribution >= 4 is 6.03 Å². The third kappa shape index (κ3) is 5.38. The molecule has 2 rings (SSSR count). The molecule has 1 aromatic heterocycles. The number of urea groups is 1. The highest BCUT2D eigenvalue weighted by Gasteiger charge is 2.14. The predicted octanol–water partition coefficient (Wildman–Crippen LogP) is 3.01. The molecule has 0 aliphatic carbocycles. The Morgan fingerprint density at radius 1 is 1.20 bits per heavy atom. The number of aromatic nitrogens is 1. The van der Waals surface area contributed by atoms with Gasteiger partial charge in [-0.1, -0.05) is 6.07 Å². The van der Waals surface area contributed by atoms with Crippen molar-refractivity contribution in [2.75, 3.05) is 20.8 Å². The maximum atomic E-state index is 12.1. The zero-order valence-electron chi connectivity index (χ0n) is 15.1. The van der Waals surface area contributed by atoms with Crippen LogP contribution in [0.5, 0.6) is 11.5 Å². The van der Waals surface area contributed by atoms with Crippen LogP contribution in [0.1, 0.15) is 29.8 Å². The zero-order valence-corrected chi connectivity index (χ0v) is 15.1. The van der Waals surface area contributed by atoms with Crippen molar-refractivity contribution in [2.45, 2.75) is 26.3 Å². The van der Waals surface area contributed by atoms with Gasteiger partial charge in [0.2, 0.25) is 0 Å². The lowest BCUT2D eigenvalue weighted by atomic mass is 10.1. The third-order valence-corrected chi connectivity index (χ3v) is 3.93. The average molecular weight is 343 g/mol. The molecule has 0 aliphatic heterocycles. The molecule has 2 aromatic rings. The maximum absolute atomic E-state index is 12.1. The van der Waals surface area contributed by atoms with Crippen LogP contribution < -0.4 is 20.1 Å². The Kier molecular flexibility index (Phi) is 6.62. The summed E-state index contributed by atoms with van der Waals surface area (Å²) in [5, 5.41) is 5.78. The largest absolute Gasteiger partial charge is 0.497 e. The predicted molar refractivity (Wildman–Crippen MR) is 97.2 cm³/mol. The second-order valence-electron chi connectivity index (χ2n) is 5.79. The standard InChI is InChI=1S/C19H25N3O3/c1-13-5-6-15(12-21-13)9-10-20-19(23)22-14(2)17-8-7-16(24-3)11-18(17)25-4/h5-8,11-12,14H,9-10H2,1-4H3,(H2,20,22,23)/t14-/m0/s1. The van der Waals surface area contributed by atoms with Gasteiger partial charge in [0.05, 0.1) is 20.3 Å². The number of pyridine rings is 1. The van der Waals surface area contributed by atoms with E-state index in [0.29, 0.717) is 18.0 Å². The smallest absolute Gasteiger partial charge is 0.315 e. The molecule has 6 heteroatoms. The SMILES string of the molecule is COc1ccc([C@H](C)NC(=O)NCCc2ccc(C)nc2)c(OC)c1. The number of hydrogen-bond acceptors (Lipinski definition) is 4. The van der Waals surface area contributed by atoms with E-state index in [1.807, 2.05) is 44.3 Å². The van der Waals surface area contributed by atoms with Gasteiger partial charge < -0.3 is 20.1 Å². The van der Waals surface area contributed by atoms with Gasteiger partial charge in [0.1, 0.15) is 11.5 Å². The molecule has 0 saturated heterocycles. The first-order chi connectivity index (χ1) is 12.0. The molecule has 6 nitrogen and oxygen atoms in total. The fraction of sp³-hybridized carbons (Fsp3) is 0.368. The lowest BCUT2D eigenvalue weighted by molar-refractivity contribution is 0.238. The second-order valence-corrected chi connectivity index (χ2v) is 5.79. The normalized spacial score (nSPS) is 11.5. The van der Waals surface area contributed by atoms with Gasteiger partial charge in [-0.3, -0.25) is 4.98 Å². The lowest BCUT2D eigenvalue weighted by Crippen LogP contribution is -2.38. The Labute approximate surface area is 148 Å². The molecule has 0 aliphatic rings. The number of benzene rings is 1. The summed E-state index contributed by atoms with van der Waals surface area (Å²) in [7, 11) is 3.20. The Bertz CT molecular complexity index is 702. The van der Waals surface area contributed by atoms with Crippen molar-refractivity contribution in [3.05, 3.63) is 53.3 Å². The maximum Gasteiger partial charge on any atom is 0.315 e. The number of rotatable bonds is 7. The molecule has 0 fully saturated rings. The summed E-state index contributed by atoms with van der Waals surface area (Å²) in [5.74, 6) is 1.39. The van der Waals surface area contributed by atoms with E-state index in [4.69, 9.17) is 9.47 Å². The topological polar surface area (TPSA) is 72.5 Å².